The molecule has 92 valence electrons. The average Bonchev–Trinajstić information content (AvgIpc) is 2.28. The van der Waals surface area contributed by atoms with E-state index in [2.05, 4.69) is 0 Å². The first kappa shape index (κ1) is 14.4. The smallest absolute Gasteiger partial charge is 0.337 e. The van der Waals surface area contributed by atoms with Gasteiger partial charge in [0, 0.05) is 15.6 Å². The summed E-state index contributed by atoms with van der Waals surface area (Å²) in [6.45, 7) is 0. The van der Waals surface area contributed by atoms with Crippen molar-refractivity contribution in [3.05, 3.63) is 32.9 Å². The van der Waals surface area contributed by atoms with Gasteiger partial charge in [-0.15, -0.1) is 11.6 Å². The molecule has 0 heterocycles. The molecule has 0 amide bonds. The summed E-state index contributed by atoms with van der Waals surface area (Å²) < 4.78 is 0.609. The van der Waals surface area contributed by atoms with E-state index in [-0.39, 0.29) is 18.1 Å². The minimum Gasteiger partial charge on any atom is -0.479 e. The van der Waals surface area contributed by atoms with Gasteiger partial charge in [0.05, 0.1) is 5.88 Å². The third-order valence-corrected chi connectivity index (χ3v) is 3.38. The molecule has 0 saturated carbocycles. The van der Waals surface area contributed by atoms with Crippen LogP contribution in [0.4, 0.5) is 0 Å². The Labute approximate surface area is 117 Å². The number of carboxylic acid groups (broad SMARTS) is 1. The first-order chi connectivity index (χ1) is 7.95. The van der Waals surface area contributed by atoms with Gasteiger partial charge in [0.15, 0.2) is 11.9 Å². The number of carboxylic acids is 1. The number of hydrogen-bond acceptors (Lipinski definition) is 3. The Kier molecular flexibility index (Phi) is 5.35. The third-order valence-electron chi connectivity index (χ3n) is 2.14. The van der Waals surface area contributed by atoms with Crippen LogP contribution in [0.2, 0.25) is 0 Å². The molecule has 6 heteroatoms. The molecule has 0 aromatic heterocycles. The molecular formula is C11H10ClIO4. The van der Waals surface area contributed by atoms with Gasteiger partial charge in [-0.25, -0.2) is 4.79 Å². The van der Waals surface area contributed by atoms with Gasteiger partial charge in [0.25, 0.3) is 0 Å². The van der Waals surface area contributed by atoms with Gasteiger partial charge in [0.1, 0.15) is 0 Å². The molecule has 17 heavy (non-hydrogen) atoms. The molecule has 1 aromatic carbocycles. The maximum absolute atomic E-state index is 11.1. The van der Waals surface area contributed by atoms with Crippen LogP contribution in [0.15, 0.2) is 18.2 Å². The van der Waals surface area contributed by atoms with Gasteiger partial charge in [-0.3, -0.25) is 4.79 Å². The third kappa shape index (κ3) is 3.93. The van der Waals surface area contributed by atoms with E-state index >= 15 is 0 Å². The van der Waals surface area contributed by atoms with Crippen LogP contribution >= 0.6 is 34.2 Å². The Hall–Kier alpha value is -0.660. The molecule has 0 fully saturated rings. The Balaban J connectivity index is 2.94. The second-order valence-electron chi connectivity index (χ2n) is 3.45. The zero-order valence-electron chi connectivity index (χ0n) is 8.69. The molecule has 0 aliphatic carbocycles. The second-order valence-corrected chi connectivity index (χ2v) is 4.88. The number of Topliss-reactive ketones (excluding diaryl/α,β-unsaturated/α-hetero) is 1. The molecule has 1 unspecified atom stereocenters. The first-order valence-corrected chi connectivity index (χ1v) is 6.34. The second kappa shape index (κ2) is 6.32. The zero-order chi connectivity index (χ0) is 13.0. The highest BCUT2D eigenvalue weighted by Crippen LogP contribution is 2.22. The van der Waals surface area contributed by atoms with Crippen molar-refractivity contribution >= 4 is 45.9 Å². The molecule has 0 saturated heterocycles. The van der Waals surface area contributed by atoms with Crippen molar-refractivity contribution in [3.63, 3.8) is 0 Å². The van der Waals surface area contributed by atoms with E-state index in [0.717, 1.165) is 5.56 Å². The summed E-state index contributed by atoms with van der Waals surface area (Å²) in [5, 5.41) is 18.1. The molecule has 0 bridgehead atoms. The van der Waals surface area contributed by atoms with Crippen molar-refractivity contribution in [2.24, 2.45) is 0 Å². The van der Waals surface area contributed by atoms with Gasteiger partial charge in [-0.1, -0.05) is 12.1 Å². The molecule has 2 N–H and O–H groups in total. The van der Waals surface area contributed by atoms with E-state index in [1.165, 1.54) is 6.07 Å². The number of rotatable bonds is 5. The lowest BCUT2D eigenvalue weighted by molar-refractivity contribution is -0.147. The van der Waals surface area contributed by atoms with Gasteiger partial charge in [0.2, 0.25) is 0 Å². The Morgan fingerprint density at radius 2 is 2.06 bits per heavy atom. The van der Waals surface area contributed by atoms with Gasteiger partial charge in [-0.2, -0.15) is 0 Å². The van der Waals surface area contributed by atoms with Crippen LogP contribution in [0.1, 0.15) is 17.2 Å². The lowest BCUT2D eigenvalue weighted by atomic mass is 10.0. The molecule has 4 nitrogen and oxygen atoms in total. The quantitative estimate of drug-likeness (QED) is 0.613. The fourth-order valence-electron chi connectivity index (χ4n) is 1.31. The molecule has 0 aliphatic rings. The summed E-state index contributed by atoms with van der Waals surface area (Å²) in [5.41, 5.74) is 1.07. The standard InChI is InChI=1S/C11H10ClIO4/c12-5-7(14)3-6-1-2-8(9(13)4-6)10(15)11(16)17/h1-2,4,10,15H,3,5H2,(H,16,17). The molecular weight excluding hydrogens is 358 g/mol. The number of carbonyl (C=O) groups excluding carboxylic acids is 1. The molecule has 0 radical (unpaired) electrons. The highest BCUT2D eigenvalue weighted by atomic mass is 127. The summed E-state index contributed by atoms with van der Waals surface area (Å²) in [6.07, 6.45) is -1.33. The Morgan fingerprint density at radius 3 is 2.53 bits per heavy atom. The predicted octanol–water partition coefficient (Wildman–Crippen LogP) is 1.76. The van der Waals surface area contributed by atoms with Gasteiger partial charge < -0.3 is 10.2 Å². The van der Waals surface area contributed by atoms with Crippen molar-refractivity contribution in [1.82, 2.24) is 0 Å². The zero-order valence-corrected chi connectivity index (χ0v) is 11.6. The summed E-state index contributed by atoms with van der Waals surface area (Å²) in [7, 11) is 0. The van der Waals surface area contributed by atoms with Crippen LogP contribution in [-0.2, 0) is 16.0 Å². The summed E-state index contributed by atoms with van der Waals surface area (Å²) in [5.74, 6) is -1.45. The molecule has 0 aliphatic heterocycles. The molecule has 0 spiro atoms. The van der Waals surface area contributed by atoms with E-state index < -0.39 is 12.1 Å². The molecule has 1 aromatic rings. The van der Waals surface area contributed by atoms with Crippen LogP contribution in [0, 0.1) is 3.57 Å². The summed E-state index contributed by atoms with van der Waals surface area (Å²) in [6, 6.07) is 4.80. The van der Waals surface area contributed by atoms with E-state index in [1.54, 1.807) is 12.1 Å². The maximum Gasteiger partial charge on any atom is 0.337 e. The monoisotopic (exact) mass is 368 g/mol. The van der Waals surface area contributed by atoms with Crippen molar-refractivity contribution in [3.8, 4) is 0 Å². The fourth-order valence-corrected chi connectivity index (χ4v) is 2.28. The van der Waals surface area contributed by atoms with Crippen molar-refractivity contribution in [2.45, 2.75) is 12.5 Å². The molecule has 1 rings (SSSR count). The number of benzene rings is 1. The van der Waals surface area contributed by atoms with Crippen molar-refractivity contribution in [2.75, 3.05) is 5.88 Å². The Bertz CT molecular complexity index is 447. The highest BCUT2D eigenvalue weighted by molar-refractivity contribution is 14.1. The number of hydrogen-bond donors (Lipinski definition) is 2. The topological polar surface area (TPSA) is 74.6 Å². The average molecular weight is 369 g/mol. The number of aliphatic carboxylic acids is 1. The van der Waals surface area contributed by atoms with Crippen LogP contribution < -0.4 is 0 Å². The SMILES string of the molecule is O=C(CCl)Cc1ccc(C(O)C(=O)O)c(I)c1. The van der Waals surface area contributed by atoms with Crippen LogP contribution in [-0.4, -0.2) is 27.8 Å². The minimum atomic E-state index is -1.54. The van der Waals surface area contributed by atoms with Crippen LogP contribution in [0.3, 0.4) is 0 Å². The van der Waals surface area contributed by atoms with Crippen molar-refractivity contribution in [1.29, 1.82) is 0 Å². The minimum absolute atomic E-state index is 0.0456. The number of aliphatic hydroxyl groups excluding tert-OH is 1. The highest BCUT2D eigenvalue weighted by Gasteiger charge is 2.18. The van der Waals surface area contributed by atoms with Gasteiger partial charge in [-0.05, 0) is 34.2 Å². The number of ketones is 1. The Morgan fingerprint density at radius 1 is 1.41 bits per heavy atom. The van der Waals surface area contributed by atoms with Crippen LogP contribution in [0.25, 0.3) is 0 Å². The lowest BCUT2D eigenvalue weighted by Gasteiger charge is -2.09. The molecule has 1 atom stereocenters. The normalized spacial score (nSPS) is 12.2. The van der Waals surface area contributed by atoms with Crippen molar-refractivity contribution < 1.29 is 19.8 Å². The number of halogens is 2. The maximum atomic E-state index is 11.1. The number of alkyl halides is 1. The van der Waals surface area contributed by atoms with E-state index in [1.807, 2.05) is 22.6 Å². The lowest BCUT2D eigenvalue weighted by Crippen LogP contribution is -2.12. The largest absolute Gasteiger partial charge is 0.479 e. The van der Waals surface area contributed by atoms with E-state index in [0.29, 0.717) is 9.13 Å². The first-order valence-electron chi connectivity index (χ1n) is 4.72. The summed E-state index contributed by atoms with van der Waals surface area (Å²) in [4.78, 5) is 21.8. The summed E-state index contributed by atoms with van der Waals surface area (Å²) >= 11 is 7.32. The number of aliphatic hydroxyl groups is 1. The van der Waals surface area contributed by atoms with Gasteiger partial charge >= 0.3 is 5.97 Å². The van der Waals surface area contributed by atoms with E-state index in [4.69, 9.17) is 16.7 Å². The number of carbonyl (C=O) groups is 2. The van der Waals surface area contributed by atoms with Crippen LogP contribution in [0.5, 0.6) is 0 Å². The van der Waals surface area contributed by atoms with E-state index in [9.17, 15) is 14.7 Å². The predicted molar refractivity (Wildman–Crippen MR) is 71.2 cm³/mol. The fraction of sp³-hybridized carbons (Fsp3) is 0.273.